The Labute approximate surface area is 135 Å². The van der Waals surface area contributed by atoms with Gasteiger partial charge in [-0.05, 0) is 49.4 Å². The van der Waals surface area contributed by atoms with Crippen molar-refractivity contribution in [2.75, 3.05) is 23.3 Å². The number of amides is 1. The Bertz CT molecular complexity index is 522. The minimum atomic E-state index is -0.867. The first-order valence-electron chi connectivity index (χ1n) is 7.49. The molecule has 114 valence electrons. The van der Waals surface area contributed by atoms with E-state index < -0.39 is 4.33 Å². The monoisotopic (exact) mass is 326 g/mol. The molecule has 1 aromatic rings. The second-order valence-electron chi connectivity index (χ2n) is 6.22. The molecule has 0 aromatic heterocycles. The first kappa shape index (κ1) is 15.0. The maximum Gasteiger partial charge on any atom is 0.230 e. The van der Waals surface area contributed by atoms with Crippen molar-refractivity contribution < 1.29 is 4.79 Å². The summed E-state index contributed by atoms with van der Waals surface area (Å²) < 4.78 is -0.867. The topological polar surface area (TPSA) is 32.3 Å². The number of benzene rings is 1. The van der Waals surface area contributed by atoms with E-state index in [4.69, 9.17) is 23.2 Å². The summed E-state index contributed by atoms with van der Waals surface area (Å²) in [7, 11) is 0. The van der Waals surface area contributed by atoms with Gasteiger partial charge < -0.3 is 10.2 Å². The Morgan fingerprint density at radius 1 is 1.24 bits per heavy atom. The Kier molecular flexibility index (Phi) is 4.06. The molecular formula is C16H20Cl2N2O. The number of anilines is 2. The second-order valence-corrected chi connectivity index (χ2v) is 7.77. The summed E-state index contributed by atoms with van der Waals surface area (Å²) in [5.41, 5.74) is 2.01. The number of rotatable bonds is 3. The highest BCUT2D eigenvalue weighted by atomic mass is 35.5. The maximum absolute atomic E-state index is 11.9. The molecule has 1 atom stereocenters. The zero-order chi connectivity index (χ0) is 15.0. The number of nitrogens with zero attached hydrogens (tertiary/aromatic N) is 1. The van der Waals surface area contributed by atoms with Crippen molar-refractivity contribution in [1.82, 2.24) is 0 Å². The van der Waals surface area contributed by atoms with Gasteiger partial charge in [0, 0.05) is 24.5 Å². The van der Waals surface area contributed by atoms with Crippen LogP contribution in [0.25, 0.3) is 0 Å². The summed E-state index contributed by atoms with van der Waals surface area (Å²) in [6, 6.07) is 8.01. The van der Waals surface area contributed by atoms with Gasteiger partial charge in [0.1, 0.15) is 4.33 Å². The average Bonchev–Trinajstić information content (AvgIpc) is 3.10. The van der Waals surface area contributed by atoms with Crippen LogP contribution >= 0.6 is 23.2 Å². The van der Waals surface area contributed by atoms with E-state index in [9.17, 15) is 4.79 Å². The van der Waals surface area contributed by atoms with Crippen LogP contribution in [0.15, 0.2) is 24.3 Å². The zero-order valence-corrected chi connectivity index (χ0v) is 13.6. The normalized spacial score (nSPS) is 24.7. The molecule has 1 amide bonds. The third-order valence-electron chi connectivity index (χ3n) is 4.43. The van der Waals surface area contributed by atoms with Gasteiger partial charge in [-0.3, -0.25) is 4.79 Å². The number of hydrogen-bond acceptors (Lipinski definition) is 2. The minimum Gasteiger partial charge on any atom is -0.372 e. The first-order chi connectivity index (χ1) is 9.95. The van der Waals surface area contributed by atoms with Crippen LogP contribution in [0, 0.1) is 11.8 Å². The lowest BCUT2D eigenvalue weighted by atomic mass is 9.99. The molecule has 0 radical (unpaired) electrons. The predicted molar refractivity (Wildman–Crippen MR) is 88.2 cm³/mol. The molecule has 21 heavy (non-hydrogen) atoms. The summed E-state index contributed by atoms with van der Waals surface area (Å²) in [6.45, 7) is 4.52. The van der Waals surface area contributed by atoms with Crippen molar-refractivity contribution in [3.63, 3.8) is 0 Å². The molecule has 3 rings (SSSR count). The maximum atomic E-state index is 11.9. The van der Waals surface area contributed by atoms with Gasteiger partial charge in [-0.15, -0.1) is 23.2 Å². The van der Waals surface area contributed by atoms with Gasteiger partial charge in [0.15, 0.2) is 0 Å². The number of nitrogens with one attached hydrogen (secondary N) is 1. The summed E-state index contributed by atoms with van der Waals surface area (Å²) in [4.78, 5) is 14.3. The summed E-state index contributed by atoms with van der Waals surface area (Å²) in [6.07, 6.45) is 3.02. The fourth-order valence-electron chi connectivity index (χ4n) is 2.75. The number of carbonyl (C=O) groups is 1. The summed E-state index contributed by atoms with van der Waals surface area (Å²) >= 11 is 11.8. The first-order valence-corrected chi connectivity index (χ1v) is 8.25. The fourth-order valence-corrected chi connectivity index (χ4v) is 3.26. The van der Waals surface area contributed by atoms with Crippen molar-refractivity contribution in [3.8, 4) is 0 Å². The lowest BCUT2D eigenvalue weighted by Crippen LogP contribution is -2.32. The Morgan fingerprint density at radius 3 is 2.33 bits per heavy atom. The van der Waals surface area contributed by atoms with E-state index in [1.807, 2.05) is 12.1 Å². The highest BCUT2D eigenvalue weighted by Gasteiger charge is 2.56. The van der Waals surface area contributed by atoms with Crippen LogP contribution in [0.1, 0.15) is 26.2 Å². The predicted octanol–water partition coefficient (Wildman–Crippen LogP) is 4.06. The molecule has 2 fully saturated rings. The van der Waals surface area contributed by atoms with Gasteiger partial charge in [0.2, 0.25) is 5.91 Å². The molecule has 1 saturated heterocycles. The summed E-state index contributed by atoms with van der Waals surface area (Å²) in [5, 5.41) is 2.87. The molecule has 1 aromatic carbocycles. The molecule has 1 aliphatic heterocycles. The molecule has 3 nitrogen and oxygen atoms in total. The van der Waals surface area contributed by atoms with Crippen LogP contribution in [0.5, 0.6) is 0 Å². The average molecular weight is 327 g/mol. The Balaban J connectivity index is 1.58. The molecule has 1 N–H and O–H groups in total. The number of halogens is 2. The molecule has 1 unspecified atom stereocenters. The molecule has 1 heterocycles. The molecular weight excluding hydrogens is 307 g/mol. The molecule has 0 spiro atoms. The zero-order valence-electron chi connectivity index (χ0n) is 12.1. The van der Waals surface area contributed by atoms with Crippen LogP contribution in [-0.2, 0) is 4.79 Å². The minimum absolute atomic E-state index is 0.0976. The van der Waals surface area contributed by atoms with E-state index in [1.165, 1.54) is 18.5 Å². The molecule has 2 aliphatic rings. The van der Waals surface area contributed by atoms with Crippen LogP contribution in [-0.4, -0.2) is 23.3 Å². The molecule has 1 saturated carbocycles. The van der Waals surface area contributed by atoms with Gasteiger partial charge in [-0.2, -0.15) is 0 Å². The molecule has 1 aliphatic carbocycles. The second kappa shape index (κ2) is 5.69. The standard InChI is InChI=1S/C16H20Cl2N2O/c1-11-6-8-20(9-7-11)13-4-2-12(3-5-13)19-15(21)14-10-16(14,17)18/h2-5,11,14H,6-10H2,1H3,(H,19,21). The van der Waals surface area contributed by atoms with E-state index in [-0.39, 0.29) is 11.8 Å². The summed E-state index contributed by atoms with van der Waals surface area (Å²) in [5.74, 6) is 0.438. The Hall–Kier alpha value is -0.930. The highest BCUT2D eigenvalue weighted by molar-refractivity contribution is 6.52. The number of carbonyl (C=O) groups excluding carboxylic acids is 1. The SMILES string of the molecule is CC1CCN(c2ccc(NC(=O)C3CC3(Cl)Cl)cc2)CC1. The third-order valence-corrected chi connectivity index (χ3v) is 5.26. The number of piperidine rings is 1. The van der Waals surface area contributed by atoms with E-state index in [2.05, 4.69) is 29.3 Å². The quantitative estimate of drug-likeness (QED) is 0.849. The number of hydrogen-bond donors (Lipinski definition) is 1. The van der Waals surface area contributed by atoms with Gasteiger partial charge in [0.25, 0.3) is 0 Å². The van der Waals surface area contributed by atoms with Crippen molar-refractivity contribution in [1.29, 1.82) is 0 Å². The largest absolute Gasteiger partial charge is 0.372 e. The van der Waals surface area contributed by atoms with E-state index in [0.717, 1.165) is 24.7 Å². The molecule has 0 bridgehead atoms. The lowest BCUT2D eigenvalue weighted by Gasteiger charge is -2.32. The fraction of sp³-hybridized carbons (Fsp3) is 0.562. The van der Waals surface area contributed by atoms with Gasteiger partial charge >= 0.3 is 0 Å². The van der Waals surface area contributed by atoms with Crippen LogP contribution in [0.2, 0.25) is 0 Å². The van der Waals surface area contributed by atoms with Crippen LogP contribution in [0.4, 0.5) is 11.4 Å². The van der Waals surface area contributed by atoms with Crippen molar-refractivity contribution in [3.05, 3.63) is 24.3 Å². The van der Waals surface area contributed by atoms with E-state index >= 15 is 0 Å². The van der Waals surface area contributed by atoms with Crippen molar-refractivity contribution in [2.24, 2.45) is 11.8 Å². The third kappa shape index (κ3) is 3.46. The van der Waals surface area contributed by atoms with Gasteiger partial charge in [0.05, 0.1) is 5.92 Å². The van der Waals surface area contributed by atoms with Crippen molar-refractivity contribution >= 4 is 40.5 Å². The van der Waals surface area contributed by atoms with E-state index in [1.54, 1.807) is 0 Å². The van der Waals surface area contributed by atoms with Gasteiger partial charge in [-0.25, -0.2) is 0 Å². The van der Waals surface area contributed by atoms with Crippen molar-refractivity contribution in [2.45, 2.75) is 30.5 Å². The Morgan fingerprint density at radius 2 is 1.81 bits per heavy atom. The highest BCUT2D eigenvalue weighted by Crippen LogP contribution is 2.53. The smallest absolute Gasteiger partial charge is 0.230 e. The number of alkyl halides is 2. The van der Waals surface area contributed by atoms with Crippen LogP contribution in [0.3, 0.4) is 0 Å². The lowest BCUT2D eigenvalue weighted by molar-refractivity contribution is -0.117. The van der Waals surface area contributed by atoms with Crippen LogP contribution < -0.4 is 10.2 Å². The van der Waals surface area contributed by atoms with Gasteiger partial charge in [-0.1, -0.05) is 6.92 Å². The molecule has 5 heteroatoms. The van der Waals surface area contributed by atoms with E-state index in [0.29, 0.717) is 6.42 Å².